The Bertz CT molecular complexity index is 692. The molecule has 0 saturated heterocycles. The maximum atomic E-state index is 10.9. The third kappa shape index (κ3) is 2.07. The second-order valence-electron chi connectivity index (χ2n) is 5.04. The van der Waals surface area contributed by atoms with Crippen LogP contribution in [0, 0.1) is 6.92 Å². The summed E-state index contributed by atoms with van der Waals surface area (Å²) in [7, 11) is 0. The van der Waals surface area contributed by atoms with Gasteiger partial charge in [-0.2, -0.15) is 0 Å². The maximum Gasteiger partial charge on any atom is 0.121 e. The van der Waals surface area contributed by atoms with Crippen LogP contribution in [-0.4, -0.2) is 5.11 Å². The van der Waals surface area contributed by atoms with Gasteiger partial charge in [-0.3, -0.25) is 0 Å². The number of thiophene rings is 1. The molecule has 1 N–H and O–H groups in total. The van der Waals surface area contributed by atoms with Crippen LogP contribution in [0.5, 0.6) is 0 Å². The molecule has 0 radical (unpaired) electrons. The largest absolute Gasteiger partial charge is 0.380 e. The van der Waals surface area contributed by atoms with E-state index in [-0.39, 0.29) is 0 Å². The Morgan fingerprint density at radius 3 is 2.42 bits per heavy atom. The molecule has 0 amide bonds. The highest BCUT2D eigenvalue weighted by molar-refractivity contribution is 7.19. The minimum atomic E-state index is -0.935. The van der Waals surface area contributed by atoms with E-state index in [1.165, 1.54) is 10.1 Å². The zero-order valence-electron chi connectivity index (χ0n) is 11.1. The normalized spacial score (nSPS) is 14.5. The van der Waals surface area contributed by atoms with Gasteiger partial charge >= 0.3 is 0 Å². The molecule has 1 heterocycles. The molecule has 0 aliphatic rings. The zero-order valence-corrected chi connectivity index (χ0v) is 11.9. The molecule has 3 aromatic rings. The molecule has 0 aliphatic heterocycles. The van der Waals surface area contributed by atoms with Crippen LogP contribution in [0.25, 0.3) is 10.1 Å². The number of fused-ring (bicyclic) bond motifs is 1. The van der Waals surface area contributed by atoms with Crippen LogP contribution in [0.15, 0.2) is 54.6 Å². The SMILES string of the molecule is Cc1ccccc1C(C)(O)c1cc2ccccc2s1. The van der Waals surface area contributed by atoms with Gasteiger partial charge in [0.25, 0.3) is 0 Å². The molecule has 2 heteroatoms. The second-order valence-corrected chi connectivity index (χ2v) is 6.12. The van der Waals surface area contributed by atoms with Crippen molar-refractivity contribution >= 4 is 21.4 Å². The van der Waals surface area contributed by atoms with Gasteiger partial charge in [0, 0.05) is 9.58 Å². The Morgan fingerprint density at radius 2 is 1.68 bits per heavy atom. The summed E-state index contributed by atoms with van der Waals surface area (Å²) in [6, 6.07) is 18.3. The summed E-state index contributed by atoms with van der Waals surface area (Å²) in [6.07, 6.45) is 0. The third-order valence-corrected chi connectivity index (χ3v) is 4.90. The van der Waals surface area contributed by atoms with Crippen molar-refractivity contribution in [3.8, 4) is 0 Å². The molecule has 0 saturated carbocycles. The molecule has 19 heavy (non-hydrogen) atoms. The van der Waals surface area contributed by atoms with E-state index in [1.807, 2.05) is 50.2 Å². The monoisotopic (exact) mass is 268 g/mol. The summed E-state index contributed by atoms with van der Waals surface area (Å²) in [4.78, 5) is 0.989. The van der Waals surface area contributed by atoms with Crippen molar-refractivity contribution < 1.29 is 5.11 Å². The van der Waals surface area contributed by atoms with Crippen LogP contribution < -0.4 is 0 Å². The van der Waals surface area contributed by atoms with Crippen LogP contribution in [0.1, 0.15) is 22.9 Å². The highest BCUT2D eigenvalue weighted by Crippen LogP contribution is 2.38. The first-order valence-corrected chi connectivity index (χ1v) is 7.18. The van der Waals surface area contributed by atoms with Gasteiger partial charge in [-0.1, -0.05) is 42.5 Å². The fourth-order valence-electron chi connectivity index (χ4n) is 2.47. The molecule has 0 aliphatic carbocycles. The van der Waals surface area contributed by atoms with Crippen molar-refractivity contribution in [1.82, 2.24) is 0 Å². The van der Waals surface area contributed by atoms with Crippen LogP contribution in [0.4, 0.5) is 0 Å². The van der Waals surface area contributed by atoms with E-state index >= 15 is 0 Å². The molecule has 1 unspecified atom stereocenters. The van der Waals surface area contributed by atoms with Crippen molar-refractivity contribution in [2.45, 2.75) is 19.4 Å². The molecule has 1 atom stereocenters. The Balaban J connectivity index is 2.16. The summed E-state index contributed by atoms with van der Waals surface area (Å²) >= 11 is 1.66. The fraction of sp³-hybridized carbons (Fsp3) is 0.176. The van der Waals surface area contributed by atoms with Crippen molar-refractivity contribution in [1.29, 1.82) is 0 Å². The summed E-state index contributed by atoms with van der Waals surface area (Å²) in [5.74, 6) is 0. The highest BCUT2D eigenvalue weighted by atomic mass is 32.1. The molecule has 0 spiro atoms. The summed E-state index contributed by atoms with van der Waals surface area (Å²) in [5, 5.41) is 12.1. The molecular weight excluding hydrogens is 252 g/mol. The number of benzene rings is 2. The minimum absolute atomic E-state index is 0.935. The Hall–Kier alpha value is -1.64. The lowest BCUT2D eigenvalue weighted by molar-refractivity contribution is 0.106. The number of hydrogen-bond donors (Lipinski definition) is 1. The van der Waals surface area contributed by atoms with Crippen molar-refractivity contribution in [3.63, 3.8) is 0 Å². The first-order chi connectivity index (χ1) is 9.09. The lowest BCUT2D eigenvalue weighted by Gasteiger charge is -2.24. The predicted octanol–water partition coefficient (Wildman–Crippen LogP) is 4.47. The molecule has 2 aromatic carbocycles. The average molecular weight is 268 g/mol. The second kappa shape index (κ2) is 4.48. The third-order valence-electron chi connectivity index (χ3n) is 3.57. The van der Waals surface area contributed by atoms with E-state index in [4.69, 9.17) is 0 Å². The van der Waals surface area contributed by atoms with Gasteiger partial charge in [0.2, 0.25) is 0 Å². The van der Waals surface area contributed by atoms with E-state index in [0.717, 1.165) is 16.0 Å². The topological polar surface area (TPSA) is 20.2 Å². The lowest BCUT2D eigenvalue weighted by atomic mass is 9.90. The summed E-state index contributed by atoms with van der Waals surface area (Å²) < 4.78 is 1.21. The Kier molecular flexibility index (Phi) is 2.92. The smallest absolute Gasteiger partial charge is 0.121 e. The van der Waals surface area contributed by atoms with Gasteiger partial charge in [0.1, 0.15) is 5.60 Å². The summed E-state index contributed by atoms with van der Waals surface area (Å²) in [6.45, 7) is 3.91. The van der Waals surface area contributed by atoms with Gasteiger partial charge in [-0.15, -0.1) is 11.3 Å². The molecular formula is C17H16OS. The predicted molar refractivity (Wildman–Crippen MR) is 81.7 cm³/mol. The highest BCUT2D eigenvalue weighted by Gasteiger charge is 2.28. The standard InChI is InChI=1S/C17H16OS/c1-12-7-3-5-9-14(12)17(2,18)16-11-13-8-4-6-10-15(13)19-16/h3-11,18H,1-2H3. The molecule has 96 valence electrons. The lowest BCUT2D eigenvalue weighted by Crippen LogP contribution is -2.22. The van der Waals surface area contributed by atoms with E-state index in [9.17, 15) is 5.11 Å². The van der Waals surface area contributed by atoms with Crippen LogP contribution in [-0.2, 0) is 5.60 Å². The van der Waals surface area contributed by atoms with Gasteiger partial charge in [-0.05, 0) is 42.5 Å². The van der Waals surface area contributed by atoms with Gasteiger partial charge in [0.15, 0.2) is 0 Å². The average Bonchev–Trinajstić information content (AvgIpc) is 2.83. The summed E-state index contributed by atoms with van der Waals surface area (Å²) in [5.41, 5.74) is 1.15. The maximum absolute atomic E-state index is 10.9. The van der Waals surface area contributed by atoms with E-state index in [0.29, 0.717) is 0 Å². The fourth-order valence-corrected chi connectivity index (χ4v) is 3.60. The Morgan fingerprint density at radius 1 is 1.00 bits per heavy atom. The van der Waals surface area contributed by atoms with E-state index in [2.05, 4.69) is 18.2 Å². The minimum Gasteiger partial charge on any atom is -0.380 e. The first-order valence-electron chi connectivity index (χ1n) is 6.36. The molecule has 3 rings (SSSR count). The van der Waals surface area contributed by atoms with Gasteiger partial charge in [-0.25, -0.2) is 0 Å². The molecule has 0 bridgehead atoms. The van der Waals surface area contributed by atoms with Gasteiger partial charge < -0.3 is 5.11 Å². The van der Waals surface area contributed by atoms with Crippen LogP contribution in [0.3, 0.4) is 0 Å². The van der Waals surface area contributed by atoms with Crippen molar-refractivity contribution in [3.05, 3.63) is 70.6 Å². The first kappa shape index (κ1) is 12.4. The van der Waals surface area contributed by atoms with E-state index < -0.39 is 5.60 Å². The number of aryl methyl sites for hydroxylation is 1. The zero-order chi connectivity index (χ0) is 13.5. The van der Waals surface area contributed by atoms with E-state index in [1.54, 1.807) is 11.3 Å². The molecule has 0 fully saturated rings. The number of hydrogen-bond acceptors (Lipinski definition) is 2. The quantitative estimate of drug-likeness (QED) is 0.727. The Labute approximate surface area is 117 Å². The van der Waals surface area contributed by atoms with Crippen LogP contribution >= 0.6 is 11.3 Å². The molecule has 1 nitrogen and oxygen atoms in total. The molecule has 1 aromatic heterocycles. The van der Waals surface area contributed by atoms with Crippen LogP contribution in [0.2, 0.25) is 0 Å². The van der Waals surface area contributed by atoms with Gasteiger partial charge in [0.05, 0.1) is 0 Å². The number of rotatable bonds is 2. The van der Waals surface area contributed by atoms with Crippen molar-refractivity contribution in [2.75, 3.05) is 0 Å². The number of aliphatic hydroxyl groups is 1. The van der Waals surface area contributed by atoms with Crippen molar-refractivity contribution in [2.24, 2.45) is 0 Å².